The van der Waals surface area contributed by atoms with Gasteiger partial charge in [-0.25, -0.2) is 0 Å². The van der Waals surface area contributed by atoms with Gasteiger partial charge in [0.25, 0.3) is 0 Å². The quantitative estimate of drug-likeness (QED) is 0.904. The van der Waals surface area contributed by atoms with Gasteiger partial charge in [0.2, 0.25) is 0 Å². The van der Waals surface area contributed by atoms with Crippen LogP contribution in [-0.4, -0.2) is 45.2 Å². The van der Waals surface area contributed by atoms with Crippen LogP contribution in [0.4, 0.5) is 0 Å². The average Bonchev–Trinajstić information content (AvgIpc) is 3.02. The zero-order chi connectivity index (χ0) is 13.6. The Kier molecular flexibility index (Phi) is 4.38. The fourth-order valence-corrected chi connectivity index (χ4v) is 2.96. The minimum Gasteiger partial charge on any atom is -0.303 e. The van der Waals surface area contributed by atoms with E-state index in [1.165, 1.54) is 31.5 Å². The molecular formula is C15H21N5. The lowest BCUT2D eigenvalue weighted by Crippen LogP contribution is -2.33. The van der Waals surface area contributed by atoms with E-state index in [-0.39, 0.29) is 0 Å². The van der Waals surface area contributed by atoms with Gasteiger partial charge >= 0.3 is 0 Å². The summed E-state index contributed by atoms with van der Waals surface area (Å²) < 4.78 is 0. The number of H-pyrrole nitrogens is 1. The van der Waals surface area contributed by atoms with Crippen molar-refractivity contribution in [3.63, 3.8) is 0 Å². The molecule has 1 aromatic heterocycles. The number of hydrogen-bond donors (Lipinski definition) is 1. The molecule has 0 radical (unpaired) electrons. The number of tetrazole rings is 1. The first kappa shape index (κ1) is 13.2. The molecule has 3 rings (SSSR count). The van der Waals surface area contributed by atoms with Crippen molar-refractivity contribution in [2.75, 3.05) is 19.6 Å². The summed E-state index contributed by atoms with van der Waals surface area (Å²) in [6, 6.07) is 10.9. The second-order valence-electron chi connectivity index (χ2n) is 5.46. The fraction of sp³-hybridized carbons (Fsp3) is 0.533. The lowest BCUT2D eigenvalue weighted by atomic mass is 9.89. The Bertz CT molecular complexity index is 488. The van der Waals surface area contributed by atoms with Crippen molar-refractivity contribution < 1.29 is 0 Å². The molecular weight excluding hydrogens is 250 g/mol. The number of aromatic amines is 1. The maximum atomic E-state index is 3.98. The zero-order valence-electron chi connectivity index (χ0n) is 11.7. The van der Waals surface area contributed by atoms with E-state index in [2.05, 4.69) is 55.9 Å². The van der Waals surface area contributed by atoms with E-state index in [1.807, 2.05) is 0 Å². The monoisotopic (exact) mass is 271 g/mol. The predicted octanol–water partition coefficient (Wildman–Crippen LogP) is 2.01. The Hall–Kier alpha value is -1.75. The number of aryl methyl sites for hydroxylation is 1. The van der Waals surface area contributed by atoms with Gasteiger partial charge in [0, 0.05) is 6.42 Å². The van der Waals surface area contributed by atoms with Gasteiger partial charge in [-0.2, -0.15) is 5.21 Å². The van der Waals surface area contributed by atoms with E-state index in [0.29, 0.717) is 0 Å². The SMILES string of the molecule is c1ccc(C2CCN(CCCc3nn[nH]n3)CC2)cc1. The van der Waals surface area contributed by atoms with E-state index in [1.54, 1.807) is 0 Å². The van der Waals surface area contributed by atoms with E-state index in [0.717, 1.165) is 31.1 Å². The Morgan fingerprint density at radius 1 is 1.15 bits per heavy atom. The smallest absolute Gasteiger partial charge is 0.174 e. The fourth-order valence-electron chi connectivity index (χ4n) is 2.96. The Morgan fingerprint density at radius 2 is 1.95 bits per heavy atom. The van der Waals surface area contributed by atoms with Crippen molar-refractivity contribution >= 4 is 0 Å². The first-order valence-electron chi connectivity index (χ1n) is 7.41. The Labute approximate surface area is 119 Å². The number of aromatic nitrogens is 4. The van der Waals surface area contributed by atoms with Crippen molar-refractivity contribution in [1.29, 1.82) is 0 Å². The van der Waals surface area contributed by atoms with Crippen molar-refractivity contribution in [3.05, 3.63) is 41.7 Å². The molecule has 0 aliphatic carbocycles. The first-order chi connectivity index (χ1) is 9.92. The highest BCUT2D eigenvalue weighted by atomic mass is 15.5. The zero-order valence-corrected chi connectivity index (χ0v) is 11.7. The van der Waals surface area contributed by atoms with Crippen LogP contribution in [0.1, 0.15) is 36.6 Å². The van der Waals surface area contributed by atoms with Crippen LogP contribution in [-0.2, 0) is 6.42 Å². The summed E-state index contributed by atoms with van der Waals surface area (Å²) in [4.78, 5) is 2.56. The van der Waals surface area contributed by atoms with Crippen molar-refractivity contribution in [3.8, 4) is 0 Å². The molecule has 1 saturated heterocycles. The molecule has 106 valence electrons. The summed E-state index contributed by atoms with van der Waals surface area (Å²) in [5, 5.41) is 14.0. The molecule has 1 fully saturated rings. The molecule has 0 spiro atoms. The highest BCUT2D eigenvalue weighted by Crippen LogP contribution is 2.27. The molecule has 2 heterocycles. The summed E-state index contributed by atoms with van der Waals surface area (Å²) in [6.07, 6.45) is 4.56. The summed E-state index contributed by atoms with van der Waals surface area (Å²) >= 11 is 0. The summed E-state index contributed by atoms with van der Waals surface area (Å²) in [7, 11) is 0. The van der Waals surface area contributed by atoms with Crippen LogP contribution >= 0.6 is 0 Å². The minimum absolute atomic E-state index is 0.740. The van der Waals surface area contributed by atoms with Crippen molar-refractivity contribution in [2.45, 2.75) is 31.6 Å². The predicted molar refractivity (Wildman–Crippen MR) is 77.4 cm³/mol. The Morgan fingerprint density at radius 3 is 2.65 bits per heavy atom. The molecule has 5 heteroatoms. The normalized spacial score (nSPS) is 17.4. The van der Waals surface area contributed by atoms with E-state index in [9.17, 15) is 0 Å². The molecule has 1 aromatic carbocycles. The van der Waals surface area contributed by atoms with Gasteiger partial charge in [0.05, 0.1) is 0 Å². The van der Waals surface area contributed by atoms with E-state index >= 15 is 0 Å². The largest absolute Gasteiger partial charge is 0.303 e. The van der Waals surface area contributed by atoms with Crippen LogP contribution in [0.25, 0.3) is 0 Å². The van der Waals surface area contributed by atoms with Gasteiger partial charge in [-0.15, -0.1) is 10.2 Å². The van der Waals surface area contributed by atoms with Crippen molar-refractivity contribution in [2.24, 2.45) is 0 Å². The van der Waals surface area contributed by atoms with Crippen LogP contribution in [0.2, 0.25) is 0 Å². The number of nitrogens with one attached hydrogen (secondary N) is 1. The molecule has 5 nitrogen and oxygen atoms in total. The van der Waals surface area contributed by atoms with Crippen LogP contribution in [0, 0.1) is 0 Å². The highest BCUT2D eigenvalue weighted by Gasteiger charge is 2.19. The number of hydrogen-bond acceptors (Lipinski definition) is 4. The van der Waals surface area contributed by atoms with Crippen LogP contribution in [0.3, 0.4) is 0 Å². The molecule has 1 aliphatic rings. The third-order valence-corrected chi connectivity index (χ3v) is 4.12. The summed E-state index contributed by atoms with van der Waals surface area (Å²) in [5.74, 6) is 1.56. The maximum Gasteiger partial charge on any atom is 0.174 e. The maximum absolute atomic E-state index is 3.98. The molecule has 1 aliphatic heterocycles. The number of rotatable bonds is 5. The third kappa shape index (κ3) is 3.42. The van der Waals surface area contributed by atoms with E-state index < -0.39 is 0 Å². The highest BCUT2D eigenvalue weighted by molar-refractivity contribution is 5.19. The minimum atomic E-state index is 0.740. The first-order valence-corrected chi connectivity index (χ1v) is 7.41. The van der Waals surface area contributed by atoms with E-state index in [4.69, 9.17) is 0 Å². The standard InChI is InChI=1S/C15H21N5/c1-2-5-13(6-3-1)14-8-11-20(12-9-14)10-4-7-15-16-18-19-17-15/h1-3,5-6,14H,4,7-12H2,(H,16,17,18,19). The lowest BCUT2D eigenvalue weighted by Gasteiger charge is -2.32. The molecule has 0 saturated carbocycles. The summed E-state index contributed by atoms with van der Waals surface area (Å²) in [6.45, 7) is 3.54. The number of likely N-dealkylation sites (tertiary alicyclic amines) is 1. The van der Waals surface area contributed by atoms with Gasteiger partial charge in [0.15, 0.2) is 5.82 Å². The Balaban J connectivity index is 1.40. The van der Waals surface area contributed by atoms with Crippen LogP contribution in [0.5, 0.6) is 0 Å². The second kappa shape index (κ2) is 6.61. The van der Waals surface area contributed by atoms with Gasteiger partial charge in [-0.1, -0.05) is 35.5 Å². The molecule has 0 unspecified atom stereocenters. The molecule has 0 amide bonds. The van der Waals surface area contributed by atoms with Gasteiger partial charge in [-0.3, -0.25) is 0 Å². The molecule has 0 bridgehead atoms. The number of benzene rings is 1. The van der Waals surface area contributed by atoms with Gasteiger partial charge < -0.3 is 4.90 Å². The van der Waals surface area contributed by atoms with Crippen LogP contribution < -0.4 is 0 Å². The second-order valence-corrected chi connectivity index (χ2v) is 5.46. The molecule has 2 aromatic rings. The number of nitrogens with zero attached hydrogens (tertiary/aromatic N) is 4. The van der Waals surface area contributed by atoms with Crippen molar-refractivity contribution in [1.82, 2.24) is 25.5 Å². The molecule has 0 atom stereocenters. The molecule has 20 heavy (non-hydrogen) atoms. The van der Waals surface area contributed by atoms with Gasteiger partial charge in [0.1, 0.15) is 0 Å². The average molecular weight is 271 g/mol. The number of piperidine rings is 1. The molecule has 1 N–H and O–H groups in total. The summed E-state index contributed by atoms with van der Waals surface area (Å²) in [5.41, 5.74) is 1.50. The van der Waals surface area contributed by atoms with Crippen LogP contribution in [0.15, 0.2) is 30.3 Å². The topological polar surface area (TPSA) is 57.7 Å². The lowest BCUT2D eigenvalue weighted by molar-refractivity contribution is 0.210. The van der Waals surface area contributed by atoms with Gasteiger partial charge in [-0.05, 0) is 50.4 Å². The third-order valence-electron chi connectivity index (χ3n) is 4.12.